The van der Waals surface area contributed by atoms with Crippen LogP contribution < -0.4 is 10.1 Å². The normalized spacial score (nSPS) is 10.6. The molecule has 0 saturated heterocycles. The predicted molar refractivity (Wildman–Crippen MR) is 68.3 cm³/mol. The van der Waals surface area contributed by atoms with Crippen LogP contribution in [-0.2, 0) is 0 Å². The Morgan fingerprint density at radius 1 is 1.44 bits per heavy atom. The van der Waals surface area contributed by atoms with Gasteiger partial charge in [-0.1, -0.05) is 13.8 Å². The molecule has 90 valence electrons. The third-order valence-electron chi connectivity index (χ3n) is 1.87. The summed E-state index contributed by atoms with van der Waals surface area (Å²) < 4.78 is 5.35. The lowest BCUT2D eigenvalue weighted by atomic mass is 10.3. The van der Waals surface area contributed by atoms with Crippen LogP contribution >= 0.6 is 11.8 Å². The molecule has 0 radical (unpaired) electrons. The van der Waals surface area contributed by atoms with E-state index in [1.54, 1.807) is 25.2 Å². The first kappa shape index (κ1) is 13.1. The average molecular weight is 241 g/mol. The van der Waals surface area contributed by atoms with Crippen molar-refractivity contribution in [2.45, 2.75) is 25.8 Å². The summed E-state index contributed by atoms with van der Waals surface area (Å²) in [4.78, 5) is 8.42. The van der Waals surface area contributed by atoms with Crippen molar-refractivity contribution >= 4 is 17.6 Å². The number of thioether (sulfide) groups is 1. The molecule has 0 spiro atoms. The smallest absolute Gasteiger partial charge is 0.193 e. The average Bonchev–Trinajstić information content (AvgIpc) is 2.27. The highest BCUT2D eigenvalue weighted by atomic mass is 32.2. The van der Waals surface area contributed by atoms with Crippen molar-refractivity contribution in [3.05, 3.63) is 6.33 Å². The highest BCUT2D eigenvalue weighted by Gasteiger charge is 2.12. The summed E-state index contributed by atoms with van der Waals surface area (Å²) in [5.74, 6) is 3.17. The number of hydrogen-bond acceptors (Lipinski definition) is 5. The lowest BCUT2D eigenvalue weighted by Crippen LogP contribution is -2.04. The Balaban J connectivity index is 2.85. The molecular weight excluding hydrogens is 222 g/mol. The molecule has 0 unspecified atom stereocenters. The number of nitrogens with one attached hydrogen (secondary N) is 1. The molecule has 1 heterocycles. The molecule has 5 heteroatoms. The standard InChI is InChI=1S/C11H19N3OS/c1-5-12-10-9(15-4)11(14-7-13-10)16-6-8(2)3/h7-8H,5-6H2,1-4H3,(H,12,13,14). The van der Waals surface area contributed by atoms with Gasteiger partial charge in [-0.05, 0) is 12.8 Å². The van der Waals surface area contributed by atoms with Crippen LogP contribution in [0.2, 0.25) is 0 Å². The van der Waals surface area contributed by atoms with Crippen LogP contribution in [0, 0.1) is 5.92 Å². The zero-order valence-electron chi connectivity index (χ0n) is 10.3. The van der Waals surface area contributed by atoms with Crippen LogP contribution in [0.3, 0.4) is 0 Å². The topological polar surface area (TPSA) is 47.0 Å². The fraction of sp³-hybridized carbons (Fsp3) is 0.636. The van der Waals surface area contributed by atoms with Crippen LogP contribution in [0.25, 0.3) is 0 Å². The number of methoxy groups -OCH3 is 1. The molecule has 1 N–H and O–H groups in total. The van der Waals surface area contributed by atoms with Crippen LogP contribution in [0.4, 0.5) is 5.82 Å². The van der Waals surface area contributed by atoms with E-state index in [1.165, 1.54) is 0 Å². The fourth-order valence-corrected chi connectivity index (χ4v) is 2.11. The van der Waals surface area contributed by atoms with Crippen LogP contribution in [0.1, 0.15) is 20.8 Å². The highest BCUT2D eigenvalue weighted by Crippen LogP contribution is 2.32. The lowest BCUT2D eigenvalue weighted by Gasteiger charge is -2.12. The minimum atomic E-state index is 0.632. The molecule has 0 bridgehead atoms. The number of hydrogen-bond donors (Lipinski definition) is 1. The molecule has 0 saturated carbocycles. The molecule has 1 rings (SSSR count). The van der Waals surface area contributed by atoms with E-state index in [0.29, 0.717) is 5.92 Å². The molecule has 16 heavy (non-hydrogen) atoms. The van der Waals surface area contributed by atoms with Crippen molar-refractivity contribution in [3.8, 4) is 5.75 Å². The SMILES string of the molecule is CCNc1ncnc(SCC(C)C)c1OC. The zero-order chi connectivity index (χ0) is 12.0. The summed E-state index contributed by atoms with van der Waals surface area (Å²) in [7, 11) is 1.65. The largest absolute Gasteiger partial charge is 0.490 e. The number of anilines is 1. The number of aromatic nitrogens is 2. The summed E-state index contributed by atoms with van der Waals surface area (Å²) in [6.45, 7) is 7.22. The lowest BCUT2D eigenvalue weighted by molar-refractivity contribution is 0.400. The van der Waals surface area contributed by atoms with E-state index >= 15 is 0 Å². The number of ether oxygens (including phenoxy) is 1. The molecule has 0 aliphatic carbocycles. The molecule has 1 aromatic rings. The van der Waals surface area contributed by atoms with Crippen molar-refractivity contribution in [3.63, 3.8) is 0 Å². The maximum Gasteiger partial charge on any atom is 0.193 e. The van der Waals surface area contributed by atoms with Gasteiger partial charge in [0.05, 0.1) is 7.11 Å². The molecule has 0 aliphatic heterocycles. The first-order valence-corrected chi connectivity index (χ1v) is 6.43. The highest BCUT2D eigenvalue weighted by molar-refractivity contribution is 7.99. The van der Waals surface area contributed by atoms with Gasteiger partial charge in [0.1, 0.15) is 11.4 Å². The predicted octanol–water partition coefficient (Wildman–Crippen LogP) is 2.67. The molecule has 0 atom stereocenters. The van der Waals surface area contributed by atoms with Crippen LogP contribution in [-0.4, -0.2) is 29.4 Å². The molecule has 0 aliphatic rings. The van der Waals surface area contributed by atoms with Gasteiger partial charge in [-0.25, -0.2) is 9.97 Å². The summed E-state index contributed by atoms with van der Waals surface area (Å²) in [6.07, 6.45) is 1.57. The van der Waals surface area contributed by atoms with E-state index in [-0.39, 0.29) is 0 Å². The molecule has 1 aromatic heterocycles. The second-order valence-corrected chi connectivity index (χ2v) is 4.80. The number of rotatable bonds is 6. The molecule has 0 fully saturated rings. The molecule has 0 amide bonds. The third kappa shape index (κ3) is 3.56. The Morgan fingerprint density at radius 2 is 2.19 bits per heavy atom. The maximum absolute atomic E-state index is 5.35. The van der Waals surface area contributed by atoms with E-state index in [2.05, 4.69) is 29.1 Å². The first-order chi connectivity index (χ1) is 7.69. The van der Waals surface area contributed by atoms with E-state index in [4.69, 9.17) is 4.74 Å². The van der Waals surface area contributed by atoms with Crippen molar-refractivity contribution in [2.75, 3.05) is 24.7 Å². The van der Waals surface area contributed by atoms with Gasteiger partial charge in [-0.3, -0.25) is 0 Å². The summed E-state index contributed by atoms with van der Waals surface area (Å²) in [5, 5.41) is 4.07. The van der Waals surface area contributed by atoms with Crippen molar-refractivity contribution in [2.24, 2.45) is 5.92 Å². The number of nitrogens with zero attached hydrogens (tertiary/aromatic N) is 2. The molecule has 0 aromatic carbocycles. The van der Waals surface area contributed by atoms with E-state index in [0.717, 1.165) is 28.9 Å². The summed E-state index contributed by atoms with van der Waals surface area (Å²) in [6, 6.07) is 0. The Labute approximate surface area is 101 Å². The fourth-order valence-electron chi connectivity index (χ4n) is 1.18. The van der Waals surface area contributed by atoms with Gasteiger partial charge in [-0.2, -0.15) is 0 Å². The van der Waals surface area contributed by atoms with E-state index in [1.807, 2.05) is 6.92 Å². The minimum absolute atomic E-state index is 0.632. The van der Waals surface area contributed by atoms with Gasteiger partial charge in [0.15, 0.2) is 11.6 Å². The van der Waals surface area contributed by atoms with E-state index < -0.39 is 0 Å². The van der Waals surface area contributed by atoms with Crippen molar-refractivity contribution < 1.29 is 4.74 Å². The molecular formula is C11H19N3OS. The monoisotopic (exact) mass is 241 g/mol. The summed E-state index contributed by atoms with van der Waals surface area (Å²) in [5.41, 5.74) is 0. The maximum atomic E-state index is 5.35. The van der Waals surface area contributed by atoms with Crippen LogP contribution in [0.5, 0.6) is 5.75 Å². The quantitative estimate of drug-likeness (QED) is 0.613. The second kappa shape index (κ2) is 6.58. The van der Waals surface area contributed by atoms with Gasteiger partial charge in [0.25, 0.3) is 0 Å². The van der Waals surface area contributed by atoms with Gasteiger partial charge >= 0.3 is 0 Å². The van der Waals surface area contributed by atoms with Crippen molar-refractivity contribution in [1.29, 1.82) is 0 Å². The van der Waals surface area contributed by atoms with Gasteiger partial charge in [0, 0.05) is 12.3 Å². The Bertz CT molecular complexity index is 331. The Morgan fingerprint density at radius 3 is 2.75 bits per heavy atom. The molecule has 4 nitrogen and oxygen atoms in total. The minimum Gasteiger partial charge on any atom is -0.490 e. The summed E-state index contributed by atoms with van der Waals surface area (Å²) >= 11 is 1.70. The van der Waals surface area contributed by atoms with Crippen molar-refractivity contribution in [1.82, 2.24) is 9.97 Å². The van der Waals surface area contributed by atoms with Crippen LogP contribution in [0.15, 0.2) is 11.4 Å². The second-order valence-electron chi connectivity index (χ2n) is 3.80. The first-order valence-electron chi connectivity index (χ1n) is 5.44. The van der Waals surface area contributed by atoms with Gasteiger partial charge in [0.2, 0.25) is 0 Å². The Hall–Kier alpha value is -0.970. The zero-order valence-corrected chi connectivity index (χ0v) is 11.1. The van der Waals surface area contributed by atoms with E-state index in [9.17, 15) is 0 Å². The third-order valence-corrected chi connectivity index (χ3v) is 3.27. The van der Waals surface area contributed by atoms with Gasteiger partial charge < -0.3 is 10.1 Å². The van der Waals surface area contributed by atoms with Gasteiger partial charge in [-0.15, -0.1) is 11.8 Å². The Kier molecular flexibility index (Phi) is 5.38.